The number of terminal acetylenes is 1. The maximum atomic E-state index is 8.90. The first-order valence-electron chi connectivity index (χ1n) is 3.03. The van der Waals surface area contributed by atoms with Gasteiger partial charge in [-0.1, -0.05) is 12.8 Å². The molecule has 0 aliphatic heterocycles. The first-order chi connectivity index (χ1) is 4.20. The molecular formula is C7H12O2. The smallest absolute Gasteiger partial charge is 0.116 e. The number of aliphatic hydroxyl groups excluding tert-OH is 2. The van der Waals surface area contributed by atoms with Crippen molar-refractivity contribution in [1.82, 2.24) is 0 Å². The molecule has 0 bridgehead atoms. The Labute approximate surface area is 55.5 Å². The molecule has 0 aliphatic carbocycles. The molecule has 0 saturated heterocycles. The predicted molar refractivity (Wildman–Crippen MR) is 35.8 cm³/mol. The van der Waals surface area contributed by atoms with Gasteiger partial charge in [0.1, 0.15) is 6.10 Å². The molecule has 0 radical (unpaired) electrons. The lowest BCUT2D eigenvalue weighted by Crippen LogP contribution is -2.14. The molecule has 0 heterocycles. The van der Waals surface area contributed by atoms with E-state index in [2.05, 4.69) is 5.92 Å². The van der Waals surface area contributed by atoms with Crippen LogP contribution in [0.1, 0.15) is 19.8 Å². The van der Waals surface area contributed by atoms with Crippen molar-refractivity contribution in [2.75, 3.05) is 0 Å². The standard InChI is InChI=1S/C7H12O2/c1-3-6(8)5-7(9)4-2/h1,6-9H,4-5H2,2H3. The van der Waals surface area contributed by atoms with Crippen molar-refractivity contribution in [2.45, 2.75) is 32.0 Å². The summed E-state index contributed by atoms with van der Waals surface area (Å²) in [5.41, 5.74) is 0. The van der Waals surface area contributed by atoms with E-state index in [1.165, 1.54) is 0 Å². The Balaban J connectivity index is 3.37. The summed E-state index contributed by atoms with van der Waals surface area (Å²) in [4.78, 5) is 0. The average molecular weight is 128 g/mol. The summed E-state index contributed by atoms with van der Waals surface area (Å²) in [6.07, 6.45) is 4.53. The van der Waals surface area contributed by atoms with Crippen molar-refractivity contribution >= 4 is 0 Å². The molecule has 0 saturated carbocycles. The predicted octanol–water partition coefficient (Wildman–Crippen LogP) is 0.142. The molecule has 2 nitrogen and oxygen atoms in total. The summed E-state index contributed by atoms with van der Waals surface area (Å²) < 4.78 is 0. The number of hydrogen-bond donors (Lipinski definition) is 2. The van der Waals surface area contributed by atoms with Crippen molar-refractivity contribution in [3.63, 3.8) is 0 Å². The second kappa shape index (κ2) is 4.37. The van der Waals surface area contributed by atoms with Gasteiger partial charge in [0.25, 0.3) is 0 Å². The van der Waals surface area contributed by atoms with Crippen molar-refractivity contribution in [3.05, 3.63) is 0 Å². The number of aliphatic hydroxyl groups is 2. The van der Waals surface area contributed by atoms with E-state index >= 15 is 0 Å². The zero-order chi connectivity index (χ0) is 7.28. The Bertz CT molecular complexity index is 104. The highest BCUT2D eigenvalue weighted by Crippen LogP contribution is 1.99. The van der Waals surface area contributed by atoms with Gasteiger partial charge in [0, 0.05) is 6.42 Å². The maximum absolute atomic E-state index is 8.90. The molecule has 0 spiro atoms. The van der Waals surface area contributed by atoms with Gasteiger partial charge in [0.05, 0.1) is 6.10 Å². The molecule has 0 aromatic carbocycles. The lowest BCUT2D eigenvalue weighted by Gasteiger charge is -2.07. The first-order valence-corrected chi connectivity index (χ1v) is 3.03. The van der Waals surface area contributed by atoms with E-state index in [0.29, 0.717) is 6.42 Å². The van der Waals surface area contributed by atoms with Crippen molar-refractivity contribution in [3.8, 4) is 12.3 Å². The van der Waals surface area contributed by atoms with E-state index in [4.69, 9.17) is 16.6 Å². The monoisotopic (exact) mass is 128 g/mol. The minimum atomic E-state index is -0.792. The van der Waals surface area contributed by atoms with Crippen LogP contribution in [0, 0.1) is 12.3 Å². The van der Waals surface area contributed by atoms with Crippen LogP contribution in [0.3, 0.4) is 0 Å². The molecule has 0 fully saturated rings. The van der Waals surface area contributed by atoms with Gasteiger partial charge >= 0.3 is 0 Å². The van der Waals surface area contributed by atoms with Crippen LogP contribution in [0.15, 0.2) is 0 Å². The third-order valence-electron chi connectivity index (χ3n) is 1.16. The fraction of sp³-hybridized carbons (Fsp3) is 0.714. The zero-order valence-corrected chi connectivity index (χ0v) is 5.54. The lowest BCUT2D eigenvalue weighted by molar-refractivity contribution is 0.105. The van der Waals surface area contributed by atoms with E-state index in [9.17, 15) is 0 Å². The molecule has 52 valence electrons. The fourth-order valence-electron chi connectivity index (χ4n) is 0.492. The highest BCUT2D eigenvalue weighted by Gasteiger charge is 2.05. The Morgan fingerprint density at radius 2 is 2.11 bits per heavy atom. The Hall–Kier alpha value is -0.520. The molecule has 9 heavy (non-hydrogen) atoms. The molecule has 0 aliphatic rings. The zero-order valence-electron chi connectivity index (χ0n) is 5.54. The highest BCUT2D eigenvalue weighted by atomic mass is 16.3. The van der Waals surface area contributed by atoms with E-state index < -0.39 is 12.2 Å². The van der Waals surface area contributed by atoms with Gasteiger partial charge in [0.2, 0.25) is 0 Å². The normalized spacial score (nSPS) is 16.2. The van der Waals surface area contributed by atoms with Gasteiger partial charge in [-0.25, -0.2) is 0 Å². The summed E-state index contributed by atoms with van der Waals surface area (Å²) in [5.74, 6) is 2.13. The lowest BCUT2D eigenvalue weighted by atomic mass is 10.1. The minimum Gasteiger partial charge on any atom is -0.393 e. The minimum absolute atomic E-state index is 0.285. The number of hydrogen-bond acceptors (Lipinski definition) is 2. The summed E-state index contributed by atoms with van der Waals surface area (Å²) in [7, 11) is 0. The SMILES string of the molecule is C#CC(O)CC(O)CC. The van der Waals surface area contributed by atoms with Gasteiger partial charge in [0.15, 0.2) is 0 Å². The van der Waals surface area contributed by atoms with Gasteiger partial charge in [-0.3, -0.25) is 0 Å². The third kappa shape index (κ3) is 4.01. The molecule has 0 rings (SSSR count). The van der Waals surface area contributed by atoms with Crippen molar-refractivity contribution in [1.29, 1.82) is 0 Å². The fourth-order valence-corrected chi connectivity index (χ4v) is 0.492. The first kappa shape index (κ1) is 8.48. The Kier molecular flexibility index (Phi) is 4.12. The quantitative estimate of drug-likeness (QED) is 0.531. The van der Waals surface area contributed by atoms with Crippen LogP contribution in [0.25, 0.3) is 0 Å². The topological polar surface area (TPSA) is 40.5 Å². The molecule has 0 amide bonds. The van der Waals surface area contributed by atoms with Gasteiger partial charge in [-0.05, 0) is 6.42 Å². The summed E-state index contributed by atoms with van der Waals surface area (Å²) in [5, 5.41) is 17.7. The van der Waals surface area contributed by atoms with Crippen LogP contribution in [-0.4, -0.2) is 22.4 Å². The summed E-state index contributed by atoms with van der Waals surface area (Å²) >= 11 is 0. The highest BCUT2D eigenvalue weighted by molar-refractivity contribution is 4.93. The second-order valence-electron chi connectivity index (χ2n) is 1.98. The molecule has 0 aromatic heterocycles. The molecule has 2 heteroatoms. The van der Waals surface area contributed by atoms with Gasteiger partial charge < -0.3 is 10.2 Å². The second-order valence-corrected chi connectivity index (χ2v) is 1.98. The van der Waals surface area contributed by atoms with Crippen LogP contribution in [-0.2, 0) is 0 Å². The molecule has 2 N–H and O–H groups in total. The molecule has 0 aromatic rings. The van der Waals surface area contributed by atoms with Crippen LogP contribution in [0.5, 0.6) is 0 Å². The van der Waals surface area contributed by atoms with Crippen LogP contribution in [0.2, 0.25) is 0 Å². The van der Waals surface area contributed by atoms with E-state index in [-0.39, 0.29) is 6.42 Å². The molecule has 2 atom stereocenters. The van der Waals surface area contributed by atoms with E-state index in [0.717, 1.165) is 0 Å². The summed E-state index contributed by atoms with van der Waals surface area (Å²) in [6, 6.07) is 0. The van der Waals surface area contributed by atoms with E-state index in [1.807, 2.05) is 6.92 Å². The Morgan fingerprint density at radius 3 is 2.44 bits per heavy atom. The third-order valence-corrected chi connectivity index (χ3v) is 1.16. The maximum Gasteiger partial charge on any atom is 0.116 e. The van der Waals surface area contributed by atoms with Gasteiger partial charge in [-0.15, -0.1) is 6.42 Å². The molecule has 2 unspecified atom stereocenters. The molecular weight excluding hydrogens is 116 g/mol. The summed E-state index contributed by atoms with van der Waals surface area (Å²) in [6.45, 7) is 1.84. The largest absolute Gasteiger partial charge is 0.393 e. The number of rotatable bonds is 3. The van der Waals surface area contributed by atoms with E-state index in [1.54, 1.807) is 0 Å². The van der Waals surface area contributed by atoms with Crippen LogP contribution in [0.4, 0.5) is 0 Å². The van der Waals surface area contributed by atoms with Crippen molar-refractivity contribution < 1.29 is 10.2 Å². The van der Waals surface area contributed by atoms with Crippen LogP contribution >= 0.6 is 0 Å². The Morgan fingerprint density at radius 1 is 1.56 bits per heavy atom. The van der Waals surface area contributed by atoms with Crippen molar-refractivity contribution in [2.24, 2.45) is 0 Å². The van der Waals surface area contributed by atoms with Crippen LogP contribution < -0.4 is 0 Å². The average Bonchev–Trinajstić information content (AvgIpc) is 1.87. The van der Waals surface area contributed by atoms with Gasteiger partial charge in [-0.2, -0.15) is 0 Å².